The number of carbonyl (C=O) groups excluding carboxylic acids is 2. The standard InChI is InChI=1S/C13H25NO5.ClH/c1-9(14-11(16)19-12(2,3)4)10(15)18-8-13(5,6)17-7;/h9H,8H2,1-7H3,(H,14,16);1H. The van der Waals surface area contributed by atoms with Crippen LogP contribution in [0, 0.1) is 0 Å². The van der Waals surface area contributed by atoms with Gasteiger partial charge in [0.05, 0.1) is 5.60 Å². The minimum absolute atomic E-state index is 0. The van der Waals surface area contributed by atoms with Gasteiger partial charge in [-0.1, -0.05) is 0 Å². The fourth-order valence-corrected chi connectivity index (χ4v) is 0.972. The van der Waals surface area contributed by atoms with E-state index in [4.69, 9.17) is 14.2 Å². The predicted octanol–water partition coefficient (Wildman–Crippen LogP) is 2.29. The average Bonchev–Trinajstić information content (AvgIpc) is 2.23. The zero-order valence-corrected chi connectivity index (χ0v) is 14.1. The van der Waals surface area contributed by atoms with Crippen molar-refractivity contribution in [1.29, 1.82) is 0 Å². The number of amides is 1. The number of carbonyl (C=O) groups is 2. The van der Waals surface area contributed by atoms with Gasteiger partial charge in [-0.15, -0.1) is 12.4 Å². The molecule has 0 aromatic carbocycles. The number of hydrogen-bond donors (Lipinski definition) is 1. The Morgan fingerprint density at radius 2 is 1.65 bits per heavy atom. The molecule has 0 rings (SSSR count). The van der Waals surface area contributed by atoms with Gasteiger partial charge in [-0.25, -0.2) is 9.59 Å². The normalized spacial score (nSPS) is 12.9. The van der Waals surface area contributed by atoms with Crippen LogP contribution in [0.15, 0.2) is 0 Å². The minimum Gasteiger partial charge on any atom is -0.461 e. The summed E-state index contributed by atoms with van der Waals surface area (Å²) in [4.78, 5) is 23.1. The lowest BCUT2D eigenvalue weighted by Crippen LogP contribution is -2.43. The summed E-state index contributed by atoms with van der Waals surface area (Å²) in [7, 11) is 1.54. The van der Waals surface area contributed by atoms with Crippen molar-refractivity contribution in [2.75, 3.05) is 13.7 Å². The summed E-state index contributed by atoms with van der Waals surface area (Å²) >= 11 is 0. The van der Waals surface area contributed by atoms with E-state index in [2.05, 4.69) is 5.32 Å². The molecule has 0 fully saturated rings. The van der Waals surface area contributed by atoms with E-state index >= 15 is 0 Å². The molecule has 0 aromatic rings. The number of nitrogens with one attached hydrogen (secondary N) is 1. The summed E-state index contributed by atoms with van der Waals surface area (Å²) in [5.74, 6) is -0.531. The van der Waals surface area contributed by atoms with Crippen LogP contribution < -0.4 is 5.32 Å². The van der Waals surface area contributed by atoms with Crippen LogP contribution in [0.3, 0.4) is 0 Å². The van der Waals surface area contributed by atoms with Gasteiger partial charge in [-0.05, 0) is 41.5 Å². The van der Waals surface area contributed by atoms with Gasteiger partial charge in [0.2, 0.25) is 0 Å². The van der Waals surface area contributed by atoms with Crippen molar-refractivity contribution in [3.63, 3.8) is 0 Å². The molecule has 0 saturated carbocycles. The van der Waals surface area contributed by atoms with Crippen molar-refractivity contribution < 1.29 is 23.8 Å². The molecular formula is C13H26ClNO5. The van der Waals surface area contributed by atoms with E-state index < -0.39 is 29.3 Å². The quantitative estimate of drug-likeness (QED) is 0.789. The summed E-state index contributed by atoms with van der Waals surface area (Å²) in [6, 6.07) is -0.775. The average molecular weight is 312 g/mol. The smallest absolute Gasteiger partial charge is 0.408 e. The molecule has 0 heterocycles. The SMILES string of the molecule is COC(C)(C)COC(=O)C(C)NC(=O)OC(C)(C)C.Cl. The zero-order chi connectivity index (χ0) is 15.3. The molecule has 0 spiro atoms. The fraction of sp³-hybridized carbons (Fsp3) is 0.846. The van der Waals surface area contributed by atoms with Crippen LogP contribution in [0.5, 0.6) is 0 Å². The zero-order valence-electron chi connectivity index (χ0n) is 13.2. The molecule has 0 aliphatic rings. The summed E-state index contributed by atoms with van der Waals surface area (Å²) in [5.41, 5.74) is -1.16. The van der Waals surface area contributed by atoms with E-state index in [0.717, 1.165) is 0 Å². The van der Waals surface area contributed by atoms with Crippen molar-refractivity contribution in [3.8, 4) is 0 Å². The molecule has 0 saturated heterocycles. The highest BCUT2D eigenvalue weighted by Gasteiger charge is 2.24. The summed E-state index contributed by atoms with van der Waals surface area (Å²) < 4.78 is 15.2. The first-order valence-electron chi connectivity index (χ1n) is 6.18. The Kier molecular flexibility index (Phi) is 8.85. The molecule has 0 bridgehead atoms. The Labute approximate surface area is 126 Å². The molecule has 1 N–H and O–H groups in total. The van der Waals surface area contributed by atoms with E-state index in [-0.39, 0.29) is 19.0 Å². The second-order valence-electron chi connectivity index (χ2n) is 5.94. The van der Waals surface area contributed by atoms with Crippen molar-refractivity contribution in [2.45, 2.75) is 58.8 Å². The van der Waals surface area contributed by atoms with Gasteiger partial charge in [0.25, 0.3) is 0 Å². The number of halogens is 1. The third kappa shape index (κ3) is 9.86. The Balaban J connectivity index is 0. The van der Waals surface area contributed by atoms with Crippen molar-refractivity contribution in [3.05, 3.63) is 0 Å². The first kappa shape index (κ1) is 21.3. The Hall–Kier alpha value is -1.01. The van der Waals surface area contributed by atoms with Gasteiger partial charge in [0.1, 0.15) is 18.2 Å². The maximum Gasteiger partial charge on any atom is 0.408 e. The van der Waals surface area contributed by atoms with Gasteiger partial charge in [-0.3, -0.25) is 0 Å². The number of alkyl carbamates (subject to hydrolysis) is 1. The topological polar surface area (TPSA) is 73.9 Å². The minimum atomic E-state index is -0.775. The number of ether oxygens (including phenoxy) is 3. The first-order chi connectivity index (χ1) is 8.47. The van der Waals surface area contributed by atoms with Gasteiger partial charge in [-0.2, -0.15) is 0 Å². The van der Waals surface area contributed by atoms with Gasteiger partial charge >= 0.3 is 12.1 Å². The van der Waals surface area contributed by atoms with Crippen LogP contribution in [0.4, 0.5) is 4.79 Å². The lowest BCUT2D eigenvalue weighted by atomic mass is 10.1. The molecule has 1 atom stereocenters. The summed E-state index contributed by atoms with van der Waals surface area (Å²) in [6.07, 6.45) is -0.650. The van der Waals surface area contributed by atoms with Crippen LogP contribution in [-0.4, -0.2) is 43.0 Å². The largest absolute Gasteiger partial charge is 0.461 e. The maximum atomic E-state index is 11.7. The van der Waals surface area contributed by atoms with Gasteiger partial charge < -0.3 is 19.5 Å². The van der Waals surface area contributed by atoms with Crippen LogP contribution in [0.1, 0.15) is 41.5 Å². The van der Waals surface area contributed by atoms with Crippen LogP contribution in [0.25, 0.3) is 0 Å². The Bertz CT molecular complexity index is 325. The van der Waals surface area contributed by atoms with Crippen molar-refractivity contribution in [2.24, 2.45) is 0 Å². The predicted molar refractivity (Wildman–Crippen MR) is 78.1 cm³/mol. The van der Waals surface area contributed by atoms with E-state index in [9.17, 15) is 9.59 Å². The molecule has 20 heavy (non-hydrogen) atoms. The van der Waals surface area contributed by atoms with Crippen LogP contribution in [-0.2, 0) is 19.0 Å². The van der Waals surface area contributed by atoms with E-state index in [0.29, 0.717) is 0 Å². The van der Waals surface area contributed by atoms with Crippen LogP contribution in [0.2, 0.25) is 0 Å². The van der Waals surface area contributed by atoms with Crippen molar-refractivity contribution >= 4 is 24.5 Å². The first-order valence-corrected chi connectivity index (χ1v) is 6.18. The lowest BCUT2D eigenvalue weighted by Gasteiger charge is -2.24. The third-order valence-corrected chi connectivity index (χ3v) is 2.20. The second-order valence-corrected chi connectivity index (χ2v) is 5.94. The molecule has 1 amide bonds. The lowest BCUT2D eigenvalue weighted by molar-refractivity contribution is -0.153. The third-order valence-electron chi connectivity index (χ3n) is 2.20. The fourth-order valence-electron chi connectivity index (χ4n) is 0.972. The van der Waals surface area contributed by atoms with Crippen LogP contribution >= 0.6 is 12.4 Å². The number of rotatable bonds is 5. The molecule has 0 aliphatic heterocycles. The van der Waals surface area contributed by atoms with E-state index in [1.807, 2.05) is 0 Å². The number of esters is 1. The maximum absolute atomic E-state index is 11.7. The molecular weight excluding hydrogens is 286 g/mol. The summed E-state index contributed by atoms with van der Waals surface area (Å²) in [6.45, 7) is 10.5. The molecule has 6 nitrogen and oxygen atoms in total. The Morgan fingerprint density at radius 3 is 2.05 bits per heavy atom. The van der Waals surface area contributed by atoms with Gasteiger partial charge in [0.15, 0.2) is 0 Å². The summed E-state index contributed by atoms with van der Waals surface area (Å²) in [5, 5.41) is 2.41. The highest BCUT2D eigenvalue weighted by molar-refractivity contribution is 5.85. The second kappa shape index (κ2) is 8.32. The number of methoxy groups -OCH3 is 1. The van der Waals surface area contributed by atoms with Gasteiger partial charge in [0, 0.05) is 7.11 Å². The molecule has 0 aliphatic carbocycles. The van der Waals surface area contributed by atoms with E-state index in [1.165, 1.54) is 14.0 Å². The molecule has 0 aromatic heterocycles. The highest BCUT2D eigenvalue weighted by atomic mass is 35.5. The number of hydrogen-bond acceptors (Lipinski definition) is 5. The Morgan fingerprint density at radius 1 is 1.15 bits per heavy atom. The molecule has 120 valence electrons. The molecule has 0 radical (unpaired) electrons. The molecule has 1 unspecified atom stereocenters. The van der Waals surface area contributed by atoms with E-state index in [1.54, 1.807) is 34.6 Å². The highest BCUT2D eigenvalue weighted by Crippen LogP contribution is 2.09. The monoisotopic (exact) mass is 311 g/mol. The van der Waals surface area contributed by atoms with Crippen molar-refractivity contribution in [1.82, 2.24) is 5.32 Å². The molecule has 7 heteroatoms.